The topological polar surface area (TPSA) is 69.9 Å². The molecule has 0 unspecified atom stereocenters. The van der Waals surface area contributed by atoms with Crippen LogP contribution in [-0.4, -0.2) is 21.7 Å². The third-order valence-electron chi connectivity index (χ3n) is 12.5. The molecule has 1 aliphatic rings. The van der Waals surface area contributed by atoms with E-state index in [1.165, 1.54) is 10.6 Å². The second kappa shape index (κ2) is 16.9. The highest BCUT2D eigenvalue weighted by atomic mass is 31.1. The number of hydrogen-bond donors (Lipinski definition) is 3. The van der Waals surface area contributed by atoms with Gasteiger partial charge in [-0.3, -0.25) is 0 Å². The van der Waals surface area contributed by atoms with Crippen LogP contribution in [0.3, 0.4) is 0 Å². The van der Waals surface area contributed by atoms with Gasteiger partial charge in [0, 0.05) is 25.7 Å². The summed E-state index contributed by atoms with van der Waals surface area (Å²) in [6.07, 6.45) is 2.02. The number of rotatable bonds is 5. The molecular weight excluding hydrogens is 780 g/mol. The smallest absolute Gasteiger partial charge is 0.126 e. The van der Waals surface area contributed by atoms with Gasteiger partial charge in [-0.15, -0.1) is 0 Å². The average molecular weight is 847 g/mol. The van der Waals surface area contributed by atoms with Crippen LogP contribution in [0, 0.1) is 0 Å². The predicted octanol–water partition coefficient (Wildman–Crippen LogP) is 13.1. The normalized spacial score (nSPS) is 13.6. The summed E-state index contributed by atoms with van der Waals surface area (Å²) in [6, 6.07) is 38.6. The third-order valence-corrected chi connectivity index (χ3v) is 14.7. The molecule has 0 amide bonds. The summed E-state index contributed by atoms with van der Waals surface area (Å²) in [5, 5.41) is 39.6. The van der Waals surface area contributed by atoms with Gasteiger partial charge in [0.05, 0.1) is 0 Å². The molecule has 0 saturated heterocycles. The molecule has 6 aromatic carbocycles. The Bertz CT molecular complexity index is 2420. The summed E-state index contributed by atoms with van der Waals surface area (Å²) in [5.74, 6) is 1.49. The monoisotopic (exact) mass is 846 g/mol. The molecule has 0 heterocycles. The van der Waals surface area contributed by atoms with Crippen molar-refractivity contribution in [1.29, 1.82) is 0 Å². The van der Waals surface area contributed by atoms with Crippen molar-refractivity contribution in [2.75, 3.05) is 6.35 Å². The molecule has 4 nitrogen and oxygen atoms in total. The second-order valence-electron chi connectivity index (χ2n) is 21.6. The van der Waals surface area contributed by atoms with Crippen molar-refractivity contribution in [1.82, 2.24) is 0 Å². The fraction of sp³-hybridized carbons (Fsp3) is 0.368. The highest BCUT2D eigenvalue weighted by Crippen LogP contribution is 2.44. The molecular formula is C57H67O4P. The Kier molecular flexibility index (Phi) is 12.3. The number of aromatic hydroxyl groups is 3. The highest BCUT2D eigenvalue weighted by Gasteiger charge is 2.29. The van der Waals surface area contributed by atoms with E-state index in [9.17, 15) is 15.3 Å². The van der Waals surface area contributed by atoms with Gasteiger partial charge in [-0.2, -0.15) is 0 Å². The van der Waals surface area contributed by atoms with Crippen molar-refractivity contribution >= 4 is 18.5 Å². The second-order valence-corrected chi connectivity index (χ2v) is 23.8. The Morgan fingerprint density at radius 1 is 0.387 bits per heavy atom. The molecule has 324 valence electrons. The zero-order valence-corrected chi connectivity index (χ0v) is 40.0. The first-order valence-electron chi connectivity index (χ1n) is 22.2. The van der Waals surface area contributed by atoms with Crippen molar-refractivity contribution in [3.05, 3.63) is 176 Å². The minimum Gasteiger partial charge on any atom is -0.507 e. The maximum atomic E-state index is 12.5. The molecule has 5 heteroatoms. The zero-order valence-electron chi connectivity index (χ0n) is 39.1. The Hall–Kier alpha value is -5.05. The minimum atomic E-state index is -0.896. The molecule has 7 rings (SSSR count). The number of phenolic OH excluding ortho intramolecular Hbond substituents is 3. The average Bonchev–Trinajstić information content (AvgIpc) is 3.18. The number of hydrogen-bond acceptors (Lipinski definition) is 4. The molecule has 6 aromatic rings. The fourth-order valence-electron chi connectivity index (χ4n) is 8.49. The molecule has 3 N–H and O–H groups in total. The molecule has 8 bridgehead atoms. The molecule has 1 aliphatic carbocycles. The summed E-state index contributed by atoms with van der Waals surface area (Å²) >= 11 is 0. The maximum absolute atomic E-state index is 12.5. The lowest BCUT2D eigenvalue weighted by molar-refractivity contribution is 0.381. The number of phenols is 3. The van der Waals surface area contributed by atoms with E-state index in [4.69, 9.17) is 4.74 Å². The Balaban J connectivity index is 1.53. The van der Waals surface area contributed by atoms with E-state index in [0.29, 0.717) is 32.0 Å². The number of ether oxygens (including phenoxy) is 1. The van der Waals surface area contributed by atoms with E-state index in [0.717, 1.165) is 72.5 Å². The van der Waals surface area contributed by atoms with Crippen LogP contribution in [0.5, 0.6) is 23.0 Å². The largest absolute Gasteiger partial charge is 0.507 e. The van der Waals surface area contributed by atoms with E-state index in [2.05, 4.69) is 192 Å². The first kappa shape index (κ1) is 45.0. The molecule has 0 saturated carbocycles. The van der Waals surface area contributed by atoms with E-state index in [1.807, 2.05) is 0 Å². The van der Waals surface area contributed by atoms with Crippen molar-refractivity contribution in [2.24, 2.45) is 0 Å². The first-order chi connectivity index (χ1) is 29.0. The van der Waals surface area contributed by atoms with E-state index in [1.54, 1.807) is 0 Å². The van der Waals surface area contributed by atoms with Crippen molar-refractivity contribution in [3.8, 4) is 23.0 Å². The van der Waals surface area contributed by atoms with Crippen molar-refractivity contribution < 1.29 is 20.1 Å². The zero-order chi connectivity index (χ0) is 44.9. The van der Waals surface area contributed by atoms with Gasteiger partial charge < -0.3 is 20.1 Å². The molecule has 0 aromatic heterocycles. The van der Waals surface area contributed by atoms with Crippen LogP contribution in [0.2, 0.25) is 0 Å². The lowest BCUT2D eigenvalue weighted by Crippen LogP contribution is -2.19. The molecule has 0 aliphatic heterocycles. The molecule has 0 atom stereocenters. The SMILES string of the molecule is CC(C)(C)c1cc2c(O)c(c1)Cc1cc(C(C)(C)C)cc(c1O)Cc1cc(C(C)(C)C)cc(c1OCP(c1ccccc1)c1ccccc1)Cc1cc(C(C)(C)C)cc(c1O)C2. The molecule has 0 spiro atoms. The minimum absolute atomic E-state index is 0.199. The van der Waals surface area contributed by atoms with Crippen LogP contribution in [0.25, 0.3) is 0 Å². The Morgan fingerprint density at radius 3 is 0.887 bits per heavy atom. The van der Waals surface area contributed by atoms with Crippen LogP contribution >= 0.6 is 7.92 Å². The van der Waals surface area contributed by atoms with Gasteiger partial charge in [-0.05, 0) is 107 Å². The van der Waals surface area contributed by atoms with Gasteiger partial charge in [0.15, 0.2) is 0 Å². The predicted molar refractivity (Wildman–Crippen MR) is 261 cm³/mol. The van der Waals surface area contributed by atoms with Gasteiger partial charge in [-0.25, -0.2) is 0 Å². The Labute approximate surface area is 372 Å². The molecule has 0 fully saturated rings. The van der Waals surface area contributed by atoms with E-state index in [-0.39, 0.29) is 38.9 Å². The van der Waals surface area contributed by atoms with Crippen LogP contribution in [0.4, 0.5) is 0 Å². The van der Waals surface area contributed by atoms with Crippen LogP contribution in [0.1, 0.15) is 150 Å². The summed E-state index contributed by atoms with van der Waals surface area (Å²) in [6.45, 7) is 26.6. The van der Waals surface area contributed by atoms with E-state index < -0.39 is 7.92 Å². The number of fused-ring (bicyclic) bond motifs is 8. The van der Waals surface area contributed by atoms with Gasteiger partial charge in [-0.1, -0.05) is 192 Å². The van der Waals surface area contributed by atoms with Crippen molar-refractivity contribution in [2.45, 2.75) is 130 Å². The van der Waals surface area contributed by atoms with Crippen LogP contribution < -0.4 is 15.3 Å². The van der Waals surface area contributed by atoms with Crippen LogP contribution in [-0.2, 0) is 47.3 Å². The van der Waals surface area contributed by atoms with E-state index >= 15 is 0 Å². The van der Waals surface area contributed by atoms with Crippen LogP contribution in [0.15, 0.2) is 109 Å². The molecule has 0 radical (unpaired) electrons. The van der Waals surface area contributed by atoms with Gasteiger partial charge >= 0.3 is 0 Å². The maximum Gasteiger partial charge on any atom is 0.126 e. The van der Waals surface area contributed by atoms with Gasteiger partial charge in [0.1, 0.15) is 29.3 Å². The Morgan fingerprint density at radius 2 is 0.629 bits per heavy atom. The lowest BCUT2D eigenvalue weighted by Gasteiger charge is -2.28. The number of benzene rings is 6. The first-order valence-corrected chi connectivity index (χ1v) is 23.7. The van der Waals surface area contributed by atoms with Crippen molar-refractivity contribution in [3.63, 3.8) is 0 Å². The lowest BCUT2D eigenvalue weighted by atomic mass is 9.79. The quantitative estimate of drug-likeness (QED) is 0.151. The molecule has 62 heavy (non-hydrogen) atoms. The fourth-order valence-corrected chi connectivity index (χ4v) is 10.4. The van der Waals surface area contributed by atoms with Gasteiger partial charge in [0.2, 0.25) is 0 Å². The highest BCUT2D eigenvalue weighted by molar-refractivity contribution is 7.72. The summed E-state index contributed by atoms with van der Waals surface area (Å²) < 4.78 is 7.30. The van der Waals surface area contributed by atoms with Gasteiger partial charge in [0.25, 0.3) is 0 Å². The summed E-state index contributed by atoms with van der Waals surface area (Å²) in [7, 11) is -0.896. The third kappa shape index (κ3) is 9.77. The standard InChI is InChI=1S/C57H67O4P/c1-54(2,3)44-27-36-23-38-29-45(55(4,5)6)31-40(51(38)59)25-42-33-47(57(10,11)12)34-43(53(42)61-35-62(48-19-15-13-16-20-48)49-21-17-14-18-22-49)26-41-32-46(56(7,8)9)30-39(52(41)60)24-37(28-44)50(36)58/h13-22,27-34,58-60H,23-26,35H2,1-12H3. The summed E-state index contributed by atoms with van der Waals surface area (Å²) in [5.41, 5.74) is 10.4. The summed E-state index contributed by atoms with van der Waals surface area (Å²) in [4.78, 5) is 0.